The molecule has 1 aromatic heterocycles. The summed E-state index contributed by atoms with van der Waals surface area (Å²) in [5.41, 5.74) is 1.71. The molecule has 2 rings (SSSR count). The molecule has 0 N–H and O–H groups in total. The monoisotopic (exact) mass is 183 g/mol. The molecule has 0 saturated carbocycles. The number of hydrogen-bond acceptors (Lipinski definition) is 5. The van der Waals surface area contributed by atoms with Crippen molar-refractivity contribution in [3.05, 3.63) is 5.51 Å². The summed E-state index contributed by atoms with van der Waals surface area (Å²) < 4.78 is 0. The van der Waals surface area contributed by atoms with Gasteiger partial charge in [-0.15, -0.1) is 10.2 Å². The molecule has 4 nitrogen and oxygen atoms in total. The van der Waals surface area contributed by atoms with Crippen LogP contribution in [0.15, 0.2) is 5.51 Å². The molecule has 0 radical (unpaired) electrons. The van der Waals surface area contributed by atoms with Crippen molar-refractivity contribution in [2.45, 2.75) is 12.8 Å². The van der Waals surface area contributed by atoms with Crippen molar-refractivity contribution in [2.75, 3.05) is 18.0 Å². The van der Waals surface area contributed by atoms with Gasteiger partial charge in [-0.1, -0.05) is 11.3 Å². The van der Waals surface area contributed by atoms with Crippen molar-refractivity contribution >= 4 is 22.3 Å². The quantitative estimate of drug-likeness (QED) is 0.643. The Kier molecular flexibility index (Phi) is 2.03. The highest BCUT2D eigenvalue weighted by Gasteiger charge is 2.17. The van der Waals surface area contributed by atoms with Gasteiger partial charge in [-0.3, -0.25) is 4.79 Å². The zero-order valence-electron chi connectivity index (χ0n) is 6.56. The average Bonchev–Trinajstić information content (AvgIpc) is 2.58. The normalized spacial score (nSPS) is 18.3. The van der Waals surface area contributed by atoms with E-state index >= 15 is 0 Å². The number of ketones is 1. The lowest BCUT2D eigenvalue weighted by Gasteiger charge is -2.24. The summed E-state index contributed by atoms with van der Waals surface area (Å²) in [6.45, 7) is 1.60. The van der Waals surface area contributed by atoms with Gasteiger partial charge >= 0.3 is 0 Å². The van der Waals surface area contributed by atoms with Crippen molar-refractivity contribution in [3.63, 3.8) is 0 Å². The molecule has 0 aliphatic carbocycles. The second-order valence-corrected chi connectivity index (χ2v) is 3.56. The van der Waals surface area contributed by atoms with E-state index in [-0.39, 0.29) is 0 Å². The number of Topliss-reactive ketones (excluding diaryl/α,β-unsaturated/α-hetero) is 1. The van der Waals surface area contributed by atoms with Crippen LogP contribution in [-0.4, -0.2) is 29.1 Å². The molecule has 1 aliphatic heterocycles. The fourth-order valence-corrected chi connectivity index (χ4v) is 1.87. The molecule has 0 spiro atoms. The van der Waals surface area contributed by atoms with E-state index in [0.717, 1.165) is 18.2 Å². The van der Waals surface area contributed by atoms with Crippen molar-refractivity contribution in [1.29, 1.82) is 0 Å². The molecule has 1 aromatic rings. The summed E-state index contributed by atoms with van der Waals surface area (Å²) in [6.07, 6.45) is 1.30. The molecule has 1 saturated heterocycles. The van der Waals surface area contributed by atoms with Crippen LogP contribution in [0.25, 0.3) is 0 Å². The van der Waals surface area contributed by atoms with Crippen molar-refractivity contribution in [2.24, 2.45) is 0 Å². The van der Waals surface area contributed by atoms with Gasteiger partial charge in [-0.25, -0.2) is 0 Å². The molecule has 5 heteroatoms. The number of anilines is 1. The van der Waals surface area contributed by atoms with Gasteiger partial charge in [0.15, 0.2) is 0 Å². The van der Waals surface area contributed by atoms with Gasteiger partial charge in [0, 0.05) is 25.9 Å². The van der Waals surface area contributed by atoms with Crippen molar-refractivity contribution in [3.8, 4) is 0 Å². The van der Waals surface area contributed by atoms with Crippen LogP contribution in [0.4, 0.5) is 5.13 Å². The first-order chi connectivity index (χ1) is 5.86. The van der Waals surface area contributed by atoms with E-state index in [4.69, 9.17) is 0 Å². The molecule has 2 heterocycles. The van der Waals surface area contributed by atoms with Gasteiger partial charge in [0.05, 0.1) is 0 Å². The lowest BCUT2D eigenvalue weighted by atomic mass is 10.1. The topological polar surface area (TPSA) is 46.1 Å². The van der Waals surface area contributed by atoms with Gasteiger partial charge in [-0.2, -0.15) is 0 Å². The van der Waals surface area contributed by atoms with Crippen LogP contribution in [0.3, 0.4) is 0 Å². The predicted octanol–water partition coefficient (Wildman–Crippen LogP) is 0.707. The summed E-state index contributed by atoms with van der Waals surface area (Å²) in [5, 5.41) is 8.64. The third-order valence-electron chi connectivity index (χ3n) is 1.94. The zero-order chi connectivity index (χ0) is 8.39. The van der Waals surface area contributed by atoms with Crippen LogP contribution in [0.5, 0.6) is 0 Å². The van der Waals surface area contributed by atoms with E-state index in [9.17, 15) is 4.79 Å². The first-order valence-corrected chi connectivity index (χ1v) is 4.77. The van der Waals surface area contributed by atoms with Gasteiger partial charge in [0.2, 0.25) is 5.13 Å². The summed E-state index contributed by atoms with van der Waals surface area (Å²) in [6, 6.07) is 0. The molecule has 64 valence electrons. The minimum atomic E-state index is 0.357. The first-order valence-electron chi connectivity index (χ1n) is 3.89. The number of piperidine rings is 1. The van der Waals surface area contributed by atoms with Crippen LogP contribution in [-0.2, 0) is 4.79 Å². The van der Waals surface area contributed by atoms with Gasteiger partial charge < -0.3 is 4.90 Å². The molecule has 0 atom stereocenters. The largest absolute Gasteiger partial charge is 0.346 e. The standard InChI is InChI=1S/C7H9N3OS/c11-6-1-3-10(4-2-6)7-9-8-5-12-7/h5H,1-4H2. The van der Waals surface area contributed by atoms with E-state index < -0.39 is 0 Å². The van der Waals surface area contributed by atoms with Gasteiger partial charge in [-0.05, 0) is 0 Å². The van der Waals surface area contributed by atoms with E-state index in [0.29, 0.717) is 18.6 Å². The molecular weight excluding hydrogens is 174 g/mol. The van der Waals surface area contributed by atoms with Crippen LogP contribution in [0.2, 0.25) is 0 Å². The molecule has 0 amide bonds. The van der Waals surface area contributed by atoms with E-state index in [1.165, 1.54) is 11.3 Å². The Morgan fingerprint density at radius 2 is 2.17 bits per heavy atom. The Balaban J connectivity index is 2.03. The smallest absolute Gasteiger partial charge is 0.208 e. The maximum absolute atomic E-state index is 10.9. The van der Waals surface area contributed by atoms with Crippen LogP contribution in [0.1, 0.15) is 12.8 Å². The average molecular weight is 183 g/mol. The molecular formula is C7H9N3OS. The third kappa shape index (κ3) is 1.45. The highest BCUT2D eigenvalue weighted by Crippen LogP contribution is 2.18. The van der Waals surface area contributed by atoms with E-state index in [1.54, 1.807) is 5.51 Å². The minimum absolute atomic E-state index is 0.357. The highest BCUT2D eigenvalue weighted by molar-refractivity contribution is 7.13. The number of nitrogens with zero attached hydrogens (tertiary/aromatic N) is 3. The number of hydrogen-bond donors (Lipinski definition) is 0. The van der Waals surface area contributed by atoms with Gasteiger partial charge in [0.1, 0.15) is 11.3 Å². The number of rotatable bonds is 1. The summed E-state index contributed by atoms with van der Waals surface area (Å²) >= 11 is 1.52. The van der Waals surface area contributed by atoms with Crippen molar-refractivity contribution < 1.29 is 4.79 Å². The van der Waals surface area contributed by atoms with Crippen LogP contribution >= 0.6 is 11.3 Å². The second-order valence-electron chi connectivity index (χ2n) is 2.75. The fraction of sp³-hybridized carbons (Fsp3) is 0.571. The van der Waals surface area contributed by atoms with Crippen molar-refractivity contribution in [1.82, 2.24) is 10.2 Å². The molecule has 0 unspecified atom stereocenters. The molecule has 1 aliphatic rings. The van der Waals surface area contributed by atoms with Crippen LogP contribution < -0.4 is 4.90 Å². The second kappa shape index (κ2) is 3.18. The number of aromatic nitrogens is 2. The lowest BCUT2D eigenvalue weighted by molar-refractivity contribution is -0.119. The molecule has 1 fully saturated rings. The third-order valence-corrected chi connectivity index (χ3v) is 2.69. The Morgan fingerprint density at radius 3 is 2.75 bits per heavy atom. The fourth-order valence-electron chi connectivity index (χ4n) is 1.25. The summed E-state index contributed by atoms with van der Waals surface area (Å²) in [4.78, 5) is 13.0. The molecule has 0 aromatic carbocycles. The number of carbonyl (C=O) groups is 1. The van der Waals surface area contributed by atoms with E-state index in [2.05, 4.69) is 15.1 Å². The van der Waals surface area contributed by atoms with Gasteiger partial charge in [0.25, 0.3) is 0 Å². The lowest BCUT2D eigenvalue weighted by Crippen LogP contribution is -2.33. The predicted molar refractivity (Wildman–Crippen MR) is 46.4 cm³/mol. The van der Waals surface area contributed by atoms with Crippen LogP contribution in [0, 0.1) is 0 Å². The highest BCUT2D eigenvalue weighted by atomic mass is 32.1. The Morgan fingerprint density at radius 1 is 1.42 bits per heavy atom. The first kappa shape index (κ1) is 7.67. The Bertz CT molecular complexity index is 262. The SMILES string of the molecule is O=C1CCN(c2nncs2)CC1. The molecule has 12 heavy (non-hydrogen) atoms. The van der Waals surface area contributed by atoms with E-state index in [1.807, 2.05) is 0 Å². The summed E-state index contributed by atoms with van der Waals surface area (Å²) in [7, 11) is 0. The molecule has 0 bridgehead atoms. The Hall–Kier alpha value is -0.970. The number of carbonyl (C=O) groups excluding carboxylic acids is 1. The minimum Gasteiger partial charge on any atom is -0.346 e. The summed E-state index contributed by atoms with van der Waals surface area (Å²) in [5.74, 6) is 0.357. The Labute approximate surface area is 74.2 Å². The zero-order valence-corrected chi connectivity index (χ0v) is 7.38. The maximum Gasteiger partial charge on any atom is 0.208 e. The maximum atomic E-state index is 10.9.